The number of para-hydroxylation sites is 1. The van der Waals surface area contributed by atoms with E-state index in [9.17, 15) is 8.42 Å². The topological polar surface area (TPSA) is 84.9 Å². The summed E-state index contributed by atoms with van der Waals surface area (Å²) in [6.45, 7) is 9.02. The average molecular weight is 523 g/mol. The maximum Gasteiger partial charge on any atom is 0.243 e. The number of fused-ring (bicyclic) bond motifs is 1. The van der Waals surface area contributed by atoms with Gasteiger partial charge in [-0.1, -0.05) is 35.9 Å². The number of hydrogen-bond acceptors (Lipinski definition) is 7. The second kappa shape index (κ2) is 10.4. The first kappa shape index (κ1) is 25.6. The van der Waals surface area contributed by atoms with Crippen LogP contribution in [-0.2, 0) is 34.1 Å². The van der Waals surface area contributed by atoms with Gasteiger partial charge < -0.3 is 14.4 Å². The molecule has 2 aliphatic rings. The number of hydrogen-bond donors (Lipinski definition) is 0. The van der Waals surface area contributed by atoms with Crippen molar-refractivity contribution in [2.75, 3.05) is 44.9 Å². The van der Waals surface area contributed by atoms with E-state index in [1.807, 2.05) is 57.2 Å². The average Bonchev–Trinajstić information content (AvgIpc) is 2.88. The lowest BCUT2D eigenvalue weighted by Crippen LogP contribution is -2.41. The lowest BCUT2D eigenvalue weighted by molar-refractivity contribution is 0.122. The number of aromatic nitrogens is 2. The second-order valence-electron chi connectivity index (χ2n) is 9.79. The van der Waals surface area contributed by atoms with Crippen molar-refractivity contribution in [1.29, 1.82) is 0 Å². The van der Waals surface area contributed by atoms with Crippen LogP contribution in [0.3, 0.4) is 0 Å². The first-order valence-corrected chi connectivity index (χ1v) is 14.1. The van der Waals surface area contributed by atoms with Crippen molar-refractivity contribution >= 4 is 15.8 Å². The number of nitrogens with zero attached hydrogens (tertiary/aromatic N) is 4. The molecule has 37 heavy (non-hydrogen) atoms. The molecule has 3 aromatic rings. The van der Waals surface area contributed by atoms with Gasteiger partial charge in [0, 0.05) is 50.1 Å². The largest absolute Gasteiger partial charge is 0.496 e. The predicted molar refractivity (Wildman–Crippen MR) is 143 cm³/mol. The highest BCUT2D eigenvalue weighted by molar-refractivity contribution is 7.89. The summed E-state index contributed by atoms with van der Waals surface area (Å²) in [7, 11) is -2.02. The Morgan fingerprint density at radius 1 is 1.00 bits per heavy atom. The monoisotopic (exact) mass is 522 g/mol. The molecule has 5 rings (SSSR count). The summed E-state index contributed by atoms with van der Waals surface area (Å²) in [4.78, 5) is 12.5. The van der Waals surface area contributed by atoms with Gasteiger partial charge in [-0.2, -0.15) is 4.31 Å². The SMILES string of the molecule is COc1ccccc1Cc1nc2c(c(N3CCOCC3)n1)CN(S(=O)(=O)c1c(C)cc(C)cc1C)CC2. The van der Waals surface area contributed by atoms with Crippen LogP contribution in [-0.4, -0.2) is 62.6 Å². The fourth-order valence-electron chi connectivity index (χ4n) is 5.46. The first-order valence-electron chi connectivity index (χ1n) is 12.7. The molecule has 2 aliphatic heterocycles. The van der Waals surface area contributed by atoms with Gasteiger partial charge in [-0.05, 0) is 38.0 Å². The van der Waals surface area contributed by atoms with Gasteiger partial charge in [-0.3, -0.25) is 0 Å². The number of sulfonamides is 1. The van der Waals surface area contributed by atoms with E-state index in [2.05, 4.69) is 4.90 Å². The minimum Gasteiger partial charge on any atom is -0.496 e. The molecule has 0 N–H and O–H groups in total. The molecule has 1 saturated heterocycles. The Morgan fingerprint density at radius 2 is 1.70 bits per heavy atom. The zero-order valence-corrected chi connectivity index (χ0v) is 22.8. The van der Waals surface area contributed by atoms with E-state index in [0.717, 1.165) is 45.1 Å². The van der Waals surface area contributed by atoms with Crippen LogP contribution >= 0.6 is 0 Å². The molecule has 1 fully saturated rings. The van der Waals surface area contributed by atoms with Gasteiger partial charge in [0.25, 0.3) is 0 Å². The molecule has 196 valence electrons. The molecule has 0 bridgehead atoms. The molecular weight excluding hydrogens is 488 g/mol. The number of ether oxygens (including phenoxy) is 2. The normalized spacial score (nSPS) is 16.5. The maximum atomic E-state index is 13.9. The smallest absolute Gasteiger partial charge is 0.243 e. The van der Waals surface area contributed by atoms with Crippen molar-refractivity contribution in [1.82, 2.24) is 14.3 Å². The lowest BCUT2D eigenvalue weighted by atomic mass is 10.1. The summed E-state index contributed by atoms with van der Waals surface area (Å²) in [5.41, 5.74) is 5.44. The molecule has 9 heteroatoms. The Morgan fingerprint density at radius 3 is 2.41 bits per heavy atom. The molecule has 8 nitrogen and oxygen atoms in total. The molecule has 2 aromatic carbocycles. The quantitative estimate of drug-likeness (QED) is 0.489. The van der Waals surface area contributed by atoms with Gasteiger partial charge in [-0.15, -0.1) is 0 Å². The van der Waals surface area contributed by atoms with Crippen LogP contribution in [0, 0.1) is 20.8 Å². The third-order valence-corrected chi connectivity index (χ3v) is 9.26. The van der Waals surface area contributed by atoms with Gasteiger partial charge in [0.15, 0.2) is 0 Å². The molecule has 0 amide bonds. The summed E-state index contributed by atoms with van der Waals surface area (Å²) in [5.74, 6) is 2.33. The molecule has 0 aliphatic carbocycles. The van der Waals surface area contributed by atoms with Gasteiger partial charge >= 0.3 is 0 Å². The van der Waals surface area contributed by atoms with Gasteiger partial charge in [-0.25, -0.2) is 18.4 Å². The zero-order chi connectivity index (χ0) is 26.2. The minimum absolute atomic E-state index is 0.256. The number of anilines is 1. The molecule has 0 atom stereocenters. The first-order chi connectivity index (χ1) is 17.8. The van der Waals surface area contributed by atoms with Crippen molar-refractivity contribution in [2.24, 2.45) is 0 Å². The predicted octanol–water partition coefficient (Wildman–Crippen LogP) is 3.58. The van der Waals surface area contributed by atoms with E-state index in [0.29, 0.717) is 56.4 Å². The van der Waals surface area contributed by atoms with E-state index in [1.54, 1.807) is 11.4 Å². The molecule has 1 aromatic heterocycles. The summed E-state index contributed by atoms with van der Waals surface area (Å²) in [6, 6.07) is 11.8. The summed E-state index contributed by atoms with van der Waals surface area (Å²) < 4.78 is 40.4. The van der Waals surface area contributed by atoms with Crippen LogP contribution in [0.25, 0.3) is 0 Å². The summed E-state index contributed by atoms with van der Waals surface area (Å²) >= 11 is 0. The van der Waals surface area contributed by atoms with Crippen molar-refractivity contribution in [3.63, 3.8) is 0 Å². The number of benzene rings is 2. The number of methoxy groups -OCH3 is 1. The lowest BCUT2D eigenvalue weighted by Gasteiger charge is -2.34. The van der Waals surface area contributed by atoms with E-state index in [4.69, 9.17) is 19.4 Å². The van der Waals surface area contributed by atoms with E-state index in [-0.39, 0.29) is 6.54 Å². The number of morpholine rings is 1. The highest BCUT2D eigenvalue weighted by Crippen LogP contribution is 2.33. The molecule has 0 saturated carbocycles. The zero-order valence-electron chi connectivity index (χ0n) is 22.0. The fraction of sp³-hybridized carbons (Fsp3) is 0.429. The highest BCUT2D eigenvalue weighted by Gasteiger charge is 2.34. The van der Waals surface area contributed by atoms with Crippen molar-refractivity contribution in [3.8, 4) is 5.75 Å². The van der Waals surface area contributed by atoms with Crippen LogP contribution in [0.5, 0.6) is 5.75 Å². The number of aryl methyl sites for hydroxylation is 3. The molecule has 3 heterocycles. The summed E-state index contributed by atoms with van der Waals surface area (Å²) in [5, 5.41) is 0. The Balaban J connectivity index is 1.53. The standard InChI is InChI=1S/C28H34N4O4S/c1-19-15-20(2)27(21(3)16-19)37(33,34)32-10-9-24-23(18-32)28(31-11-13-36-14-12-31)30-26(29-24)17-22-7-5-6-8-25(22)35-4/h5-8,15-16H,9-14,17-18H2,1-4H3. The fourth-order valence-corrected chi connectivity index (χ4v) is 7.29. The molecule has 0 unspecified atom stereocenters. The van der Waals surface area contributed by atoms with Gasteiger partial charge in [0.05, 0.1) is 30.9 Å². The van der Waals surface area contributed by atoms with Crippen molar-refractivity contribution in [3.05, 3.63) is 75.7 Å². The molecular formula is C28H34N4O4S. The van der Waals surface area contributed by atoms with E-state index in [1.165, 1.54) is 0 Å². The van der Waals surface area contributed by atoms with Crippen molar-refractivity contribution < 1.29 is 17.9 Å². The van der Waals surface area contributed by atoms with Gasteiger partial charge in [0.2, 0.25) is 10.0 Å². The summed E-state index contributed by atoms with van der Waals surface area (Å²) in [6.07, 6.45) is 1.08. The number of rotatable bonds is 6. The van der Waals surface area contributed by atoms with E-state index >= 15 is 0 Å². The van der Waals surface area contributed by atoms with Crippen LogP contribution in [0.4, 0.5) is 5.82 Å². The Hall–Kier alpha value is -3.01. The Bertz CT molecular complexity index is 1390. The molecule has 0 radical (unpaired) electrons. The third kappa shape index (κ3) is 5.08. The van der Waals surface area contributed by atoms with Gasteiger partial charge in [0.1, 0.15) is 17.4 Å². The van der Waals surface area contributed by atoms with Crippen molar-refractivity contribution in [2.45, 2.75) is 45.1 Å². The minimum atomic E-state index is -3.68. The van der Waals surface area contributed by atoms with Crippen LogP contribution in [0.1, 0.15) is 39.3 Å². The molecule has 0 spiro atoms. The maximum absolute atomic E-state index is 13.9. The van der Waals surface area contributed by atoms with E-state index < -0.39 is 10.0 Å². The second-order valence-corrected chi connectivity index (χ2v) is 11.7. The van der Waals surface area contributed by atoms with Crippen LogP contribution in [0.15, 0.2) is 41.3 Å². The van der Waals surface area contributed by atoms with Crippen LogP contribution in [0.2, 0.25) is 0 Å². The Labute approximate surface area is 219 Å². The third-order valence-electron chi connectivity index (χ3n) is 7.10. The Kier molecular flexibility index (Phi) is 7.20. The highest BCUT2D eigenvalue weighted by atomic mass is 32.2. The van der Waals surface area contributed by atoms with Crippen LogP contribution < -0.4 is 9.64 Å².